The van der Waals surface area contributed by atoms with Crippen LogP contribution in [0, 0.1) is 5.82 Å². The number of benzene rings is 2. The number of fused-ring (bicyclic) bond motifs is 1. The number of anilines is 1. The van der Waals surface area contributed by atoms with Crippen LogP contribution in [-0.4, -0.2) is 58.4 Å². The number of amides is 1. The van der Waals surface area contributed by atoms with Gasteiger partial charge in [0.15, 0.2) is 0 Å². The number of hydrogen-bond acceptors (Lipinski definition) is 4. The van der Waals surface area contributed by atoms with Crippen LogP contribution in [0.15, 0.2) is 48.5 Å². The van der Waals surface area contributed by atoms with E-state index in [4.69, 9.17) is 0 Å². The highest BCUT2D eigenvalue weighted by Gasteiger charge is 2.18. The molecule has 0 radical (unpaired) electrons. The Hall–Kier alpha value is -2.77. The van der Waals surface area contributed by atoms with Gasteiger partial charge < -0.3 is 10.3 Å². The van der Waals surface area contributed by atoms with E-state index in [1.54, 1.807) is 18.2 Å². The molecule has 1 aromatic heterocycles. The summed E-state index contributed by atoms with van der Waals surface area (Å²) in [5.74, 6) is 0.367. The zero-order chi connectivity index (χ0) is 19.3. The fourth-order valence-electron chi connectivity index (χ4n) is 3.59. The summed E-state index contributed by atoms with van der Waals surface area (Å²) in [5, 5.41) is 2.66. The van der Waals surface area contributed by atoms with Crippen molar-refractivity contribution in [3.8, 4) is 0 Å². The molecule has 28 heavy (non-hydrogen) atoms. The zero-order valence-electron chi connectivity index (χ0n) is 15.7. The third-order valence-corrected chi connectivity index (χ3v) is 5.01. The SMILES string of the molecule is O=C(CN1CCCN(Cc2nc3ccccc3[nH]2)CC1)Nc1ccccc1F. The molecule has 0 atom stereocenters. The number of aromatic nitrogens is 2. The van der Waals surface area contributed by atoms with Crippen LogP contribution in [0.5, 0.6) is 0 Å². The van der Waals surface area contributed by atoms with Crippen LogP contribution in [0.3, 0.4) is 0 Å². The van der Waals surface area contributed by atoms with E-state index in [1.807, 2.05) is 24.3 Å². The second-order valence-electron chi connectivity index (χ2n) is 7.13. The third kappa shape index (κ3) is 4.55. The molecule has 1 fully saturated rings. The summed E-state index contributed by atoms with van der Waals surface area (Å²) in [4.78, 5) is 24.8. The van der Waals surface area contributed by atoms with Gasteiger partial charge in [-0.15, -0.1) is 0 Å². The second kappa shape index (κ2) is 8.50. The molecule has 3 aromatic rings. The van der Waals surface area contributed by atoms with Gasteiger partial charge in [0.1, 0.15) is 11.6 Å². The molecule has 2 aromatic carbocycles. The van der Waals surface area contributed by atoms with Gasteiger partial charge in [0.25, 0.3) is 0 Å². The first-order valence-electron chi connectivity index (χ1n) is 9.60. The number of imidazole rings is 1. The van der Waals surface area contributed by atoms with Crippen LogP contribution in [0.2, 0.25) is 0 Å². The van der Waals surface area contributed by atoms with Gasteiger partial charge in [-0.25, -0.2) is 9.37 Å². The lowest BCUT2D eigenvalue weighted by Gasteiger charge is -2.20. The van der Waals surface area contributed by atoms with Crippen LogP contribution < -0.4 is 5.32 Å². The number of nitrogens with zero attached hydrogens (tertiary/aromatic N) is 3. The minimum Gasteiger partial charge on any atom is -0.341 e. The molecule has 1 amide bonds. The van der Waals surface area contributed by atoms with Crippen LogP contribution in [0.25, 0.3) is 11.0 Å². The molecule has 0 spiro atoms. The van der Waals surface area contributed by atoms with Crippen molar-refractivity contribution in [3.63, 3.8) is 0 Å². The van der Waals surface area contributed by atoms with E-state index in [0.717, 1.165) is 56.0 Å². The van der Waals surface area contributed by atoms with Gasteiger partial charge in [-0.05, 0) is 43.8 Å². The Balaban J connectivity index is 1.29. The summed E-state index contributed by atoms with van der Waals surface area (Å²) in [5.41, 5.74) is 2.27. The molecule has 1 aliphatic rings. The van der Waals surface area contributed by atoms with E-state index >= 15 is 0 Å². The Morgan fingerprint density at radius 2 is 1.79 bits per heavy atom. The van der Waals surface area contributed by atoms with Crippen molar-refractivity contribution in [1.82, 2.24) is 19.8 Å². The summed E-state index contributed by atoms with van der Waals surface area (Å²) in [7, 11) is 0. The number of carbonyl (C=O) groups is 1. The molecule has 2 N–H and O–H groups in total. The van der Waals surface area contributed by atoms with E-state index in [-0.39, 0.29) is 18.1 Å². The molecule has 0 bridgehead atoms. The minimum atomic E-state index is -0.413. The second-order valence-corrected chi connectivity index (χ2v) is 7.13. The maximum absolute atomic E-state index is 13.7. The Morgan fingerprint density at radius 3 is 2.64 bits per heavy atom. The van der Waals surface area contributed by atoms with Crippen molar-refractivity contribution >= 4 is 22.6 Å². The van der Waals surface area contributed by atoms with Crippen molar-refractivity contribution in [3.05, 3.63) is 60.2 Å². The predicted octanol–water partition coefficient (Wildman–Crippen LogP) is 2.85. The van der Waals surface area contributed by atoms with E-state index in [2.05, 4.69) is 25.1 Å². The summed E-state index contributed by atoms with van der Waals surface area (Å²) >= 11 is 0. The predicted molar refractivity (Wildman–Crippen MR) is 107 cm³/mol. The van der Waals surface area contributed by atoms with E-state index in [1.165, 1.54) is 6.07 Å². The number of halogens is 1. The molecule has 2 heterocycles. The Labute approximate surface area is 163 Å². The molecule has 7 heteroatoms. The van der Waals surface area contributed by atoms with Crippen LogP contribution in [-0.2, 0) is 11.3 Å². The van der Waals surface area contributed by atoms with Gasteiger partial charge in [0.05, 0.1) is 29.8 Å². The Bertz CT molecular complexity index is 924. The first-order valence-corrected chi connectivity index (χ1v) is 9.60. The molecular formula is C21H24FN5O. The summed E-state index contributed by atoms with van der Waals surface area (Å²) in [6.45, 7) is 4.51. The molecule has 6 nitrogen and oxygen atoms in total. The lowest BCUT2D eigenvalue weighted by atomic mass is 10.3. The molecule has 0 saturated carbocycles. The topological polar surface area (TPSA) is 64.3 Å². The normalized spacial score (nSPS) is 16.2. The number of nitrogens with one attached hydrogen (secondary N) is 2. The first-order chi connectivity index (χ1) is 13.7. The van der Waals surface area contributed by atoms with Crippen molar-refractivity contribution < 1.29 is 9.18 Å². The standard InChI is InChI=1S/C21H24FN5O/c22-16-6-1-2-7-17(16)25-21(28)15-27-11-5-10-26(12-13-27)14-20-23-18-8-3-4-9-19(18)24-20/h1-4,6-9H,5,10-15H2,(H,23,24)(H,25,28). The maximum Gasteiger partial charge on any atom is 0.238 e. The fraction of sp³-hybridized carbons (Fsp3) is 0.333. The van der Waals surface area contributed by atoms with E-state index in [0.29, 0.717) is 0 Å². The van der Waals surface area contributed by atoms with Crippen LogP contribution >= 0.6 is 0 Å². The Kier molecular flexibility index (Phi) is 5.64. The average Bonchev–Trinajstić information content (AvgIpc) is 2.97. The van der Waals surface area contributed by atoms with Crippen molar-refractivity contribution in [2.45, 2.75) is 13.0 Å². The third-order valence-electron chi connectivity index (χ3n) is 5.01. The number of aromatic amines is 1. The summed E-state index contributed by atoms with van der Waals surface area (Å²) < 4.78 is 13.7. The van der Waals surface area contributed by atoms with Crippen LogP contribution in [0.1, 0.15) is 12.2 Å². The van der Waals surface area contributed by atoms with Gasteiger partial charge in [-0.2, -0.15) is 0 Å². The first kappa shape index (κ1) is 18.6. The molecule has 146 valence electrons. The Morgan fingerprint density at radius 1 is 1.04 bits per heavy atom. The highest BCUT2D eigenvalue weighted by molar-refractivity contribution is 5.92. The lowest BCUT2D eigenvalue weighted by molar-refractivity contribution is -0.117. The molecule has 4 rings (SSSR count). The number of hydrogen-bond donors (Lipinski definition) is 2. The zero-order valence-corrected chi connectivity index (χ0v) is 15.7. The molecular weight excluding hydrogens is 357 g/mol. The van der Waals surface area contributed by atoms with Crippen LogP contribution in [0.4, 0.5) is 10.1 Å². The number of H-pyrrole nitrogens is 1. The van der Waals surface area contributed by atoms with Crippen molar-refractivity contribution in [2.24, 2.45) is 0 Å². The highest BCUT2D eigenvalue weighted by Crippen LogP contribution is 2.14. The maximum atomic E-state index is 13.7. The van der Waals surface area contributed by atoms with Gasteiger partial charge in [-0.1, -0.05) is 24.3 Å². The quantitative estimate of drug-likeness (QED) is 0.713. The monoisotopic (exact) mass is 381 g/mol. The fourth-order valence-corrected chi connectivity index (χ4v) is 3.59. The molecule has 1 aliphatic heterocycles. The smallest absolute Gasteiger partial charge is 0.238 e. The molecule has 1 saturated heterocycles. The molecule has 0 unspecified atom stereocenters. The average molecular weight is 381 g/mol. The summed E-state index contributed by atoms with van der Waals surface area (Å²) in [6, 6.07) is 14.3. The lowest BCUT2D eigenvalue weighted by Crippen LogP contribution is -2.36. The number of para-hydroxylation sites is 3. The van der Waals surface area contributed by atoms with Gasteiger partial charge in [0.2, 0.25) is 5.91 Å². The number of rotatable bonds is 5. The van der Waals surface area contributed by atoms with Gasteiger partial charge >= 0.3 is 0 Å². The van der Waals surface area contributed by atoms with Gasteiger partial charge in [-0.3, -0.25) is 14.6 Å². The number of carbonyl (C=O) groups excluding carboxylic acids is 1. The van der Waals surface area contributed by atoms with E-state index < -0.39 is 5.82 Å². The van der Waals surface area contributed by atoms with E-state index in [9.17, 15) is 9.18 Å². The largest absolute Gasteiger partial charge is 0.341 e. The molecule has 0 aliphatic carbocycles. The van der Waals surface area contributed by atoms with Crippen molar-refractivity contribution in [2.75, 3.05) is 38.0 Å². The van der Waals surface area contributed by atoms with Gasteiger partial charge in [0, 0.05) is 13.1 Å². The summed E-state index contributed by atoms with van der Waals surface area (Å²) in [6.07, 6.45) is 0.979. The highest BCUT2D eigenvalue weighted by atomic mass is 19.1. The minimum absolute atomic E-state index is 0.184. The van der Waals surface area contributed by atoms with Crippen molar-refractivity contribution in [1.29, 1.82) is 0 Å².